The van der Waals surface area contributed by atoms with E-state index in [1.165, 1.54) is 5.56 Å². The van der Waals surface area contributed by atoms with Crippen LogP contribution in [0.2, 0.25) is 0 Å². The molecule has 1 rings (SSSR count). The van der Waals surface area contributed by atoms with E-state index in [1.54, 1.807) is 14.0 Å². The first-order valence-corrected chi connectivity index (χ1v) is 4.91. The van der Waals surface area contributed by atoms with E-state index in [1.807, 2.05) is 24.3 Å². The van der Waals surface area contributed by atoms with Gasteiger partial charge in [-0.05, 0) is 24.5 Å². The molecule has 1 atom stereocenters. The van der Waals surface area contributed by atoms with Crippen LogP contribution in [-0.2, 0) is 16.8 Å². The van der Waals surface area contributed by atoms with Crippen LogP contribution in [0.15, 0.2) is 24.3 Å². The summed E-state index contributed by atoms with van der Waals surface area (Å²) >= 11 is 0. The molecule has 1 unspecified atom stereocenters. The average molecular weight is 194 g/mol. The van der Waals surface area contributed by atoms with E-state index in [2.05, 4.69) is 6.92 Å². The molecule has 1 aromatic rings. The number of rotatable bonds is 4. The van der Waals surface area contributed by atoms with Crippen molar-refractivity contribution in [1.82, 2.24) is 0 Å². The smallest absolute Gasteiger partial charge is 0.110 e. The fraction of sp³-hybridized carbons (Fsp3) is 0.500. The van der Waals surface area contributed by atoms with Gasteiger partial charge in [0.15, 0.2) is 0 Å². The Labute approximate surface area is 85.5 Å². The van der Waals surface area contributed by atoms with Gasteiger partial charge in [-0.25, -0.2) is 0 Å². The Kier molecular flexibility index (Phi) is 3.67. The first-order valence-electron chi connectivity index (χ1n) is 4.91. The monoisotopic (exact) mass is 194 g/mol. The SMILES string of the molecule is CCc1ccc(C(C)(O)COC)cc1. The summed E-state index contributed by atoms with van der Waals surface area (Å²) in [6.07, 6.45) is 1.02. The minimum absolute atomic E-state index is 0.318. The predicted octanol–water partition coefficient (Wildman–Crippen LogP) is 2.10. The Morgan fingerprint density at radius 2 is 1.86 bits per heavy atom. The van der Waals surface area contributed by atoms with Crippen LogP contribution in [0.3, 0.4) is 0 Å². The third-order valence-corrected chi connectivity index (χ3v) is 2.41. The van der Waals surface area contributed by atoms with Gasteiger partial charge in [-0.3, -0.25) is 0 Å². The van der Waals surface area contributed by atoms with Crippen molar-refractivity contribution < 1.29 is 9.84 Å². The zero-order valence-corrected chi connectivity index (χ0v) is 9.08. The summed E-state index contributed by atoms with van der Waals surface area (Å²) in [6.45, 7) is 4.19. The summed E-state index contributed by atoms with van der Waals surface area (Å²) < 4.78 is 4.97. The maximum Gasteiger partial charge on any atom is 0.110 e. The molecule has 0 aliphatic heterocycles. The van der Waals surface area contributed by atoms with E-state index >= 15 is 0 Å². The van der Waals surface area contributed by atoms with E-state index in [0.717, 1.165) is 12.0 Å². The molecule has 1 aromatic carbocycles. The van der Waals surface area contributed by atoms with Crippen molar-refractivity contribution >= 4 is 0 Å². The van der Waals surface area contributed by atoms with E-state index < -0.39 is 5.60 Å². The van der Waals surface area contributed by atoms with Crippen LogP contribution >= 0.6 is 0 Å². The molecule has 2 heteroatoms. The highest BCUT2D eigenvalue weighted by Crippen LogP contribution is 2.21. The van der Waals surface area contributed by atoms with E-state index in [4.69, 9.17) is 4.74 Å². The number of aliphatic hydroxyl groups is 1. The number of hydrogen-bond donors (Lipinski definition) is 1. The summed E-state index contributed by atoms with van der Waals surface area (Å²) in [7, 11) is 1.59. The average Bonchev–Trinajstić information content (AvgIpc) is 2.18. The van der Waals surface area contributed by atoms with Gasteiger partial charge in [0.05, 0.1) is 6.61 Å². The van der Waals surface area contributed by atoms with Crippen LogP contribution in [0, 0.1) is 0 Å². The maximum atomic E-state index is 10.0. The fourth-order valence-corrected chi connectivity index (χ4v) is 1.46. The maximum absolute atomic E-state index is 10.0. The highest BCUT2D eigenvalue weighted by atomic mass is 16.5. The molecule has 0 aromatic heterocycles. The topological polar surface area (TPSA) is 29.5 Å². The Bertz CT molecular complexity index is 275. The highest BCUT2D eigenvalue weighted by Gasteiger charge is 2.22. The van der Waals surface area contributed by atoms with Crippen molar-refractivity contribution in [2.45, 2.75) is 25.9 Å². The number of benzene rings is 1. The van der Waals surface area contributed by atoms with E-state index in [-0.39, 0.29) is 0 Å². The molecular formula is C12H18O2. The lowest BCUT2D eigenvalue weighted by atomic mass is 9.95. The van der Waals surface area contributed by atoms with Crippen molar-refractivity contribution in [1.29, 1.82) is 0 Å². The molecule has 2 nitrogen and oxygen atoms in total. The van der Waals surface area contributed by atoms with Crippen LogP contribution in [0.4, 0.5) is 0 Å². The molecule has 0 heterocycles. The van der Waals surface area contributed by atoms with E-state index in [0.29, 0.717) is 6.61 Å². The molecular weight excluding hydrogens is 176 g/mol. The minimum atomic E-state index is -0.888. The van der Waals surface area contributed by atoms with Gasteiger partial charge in [-0.2, -0.15) is 0 Å². The lowest BCUT2D eigenvalue weighted by molar-refractivity contribution is -0.0208. The van der Waals surface area contributed by atoms with Gasteiger partial charge in [0.25, 0.3) is 0 Å². The summed E-state index contributed by atoms with van der Waals surface area (Å²) in [4.78, 5) is 0. The number of hydrogen-bond acceptors (Lipinski definition) is 2. The zero-order valence-electron chi connectivity index (χ0n) is 9.08. The molecule has 0 amide bonds. The van der Waals surface area contributed by atoms with Gasteiger partial charge >= 0.3 is 0 Å². The fourth-order valence-electron chi connectivity index (χ4n) is 1.46. The van der Waals surface area contributed by atoms with Crippen molar-refractivity contribution in [3.05, 3.63) is 35.4 Å². The molecule has 0 spiro atoms. The predicted molar refractivity (Wildman–Crippen MR) is 57.3 cm³/mol. The third-order valence-electron chi connectivity index (χ3n) is 2.41. The van der Waals surface area contributed by atoms with Crippen molar-refractivity contribution in [2.24, 2.45) is 0 Å². The molecule has 0 saturated heterocycles. The normalized spacial score (nSPS) is 15.1. The second-order valence-corrected chi connectivity index (χ2v) is 3.76. The molecule has 78 valence electrons. The number of methoxy groups -OCH3 is 1. The van der Waals surface area contributed by atoms with Gasteiger partial charge in [0, 0.05) is 7.11 Å². The van der Waals surface area contributed by atoms with Crippen LogP contribution in [-0.4, -0.2) is 18.8 Å². The Morgan fingerprint density at radius 1 is 1.29 bits per heavy atom. The van der Waals surface area contributed by atoms with Gasteiger partial charge in [-0.15, -0.1) is 0 Å². The lowest BCUT2D eigenvalue weighted by Crippen LogP contribution is -2.26. The highest BCUT2D eigenvalue weighted by molar-refractivity contribution is 5.26. The van der Waals surface area contributed by atoms with Gasteiger partial charge in [0.2, 0.25) is 0 Å². The molecule has 0 fully saturated rings. The summed E-state index contributed by atoms with van der Waals surface area (Å²) in [5.41, 5.74) is 1.29. The van der Waals surface area contributed by atoms with Crippen molar-refractivity contribution in [2.75, 3.05) is 13.7 Å². The van der Waals surface area contributed by atoms with Gasteiger partial charge in [-0.1, -0.05) is 31.2 Å². The molecule has 0 saturated carbocycles. The van der Waals surface area contributed by atoms with Crippen LogP contribution in [0.1, 0.15) is 25.0 Å². The standard InChI is InChI=1S/C12H18O2/c1-4-10-5-7-11(8-6-10)12(2,13)9-14-3/h5-8,13H,4,9H2,1-3H3. The van der Waals surface area contributed by atoms with Crippen molar-refractivity contribution in [3.8, 4) is 0 Å². The van der Waals surface area contributed by atoms with Gasteiger partial charge in [0.1, 0.15) is 5.60 Å². The Hall–Kier alpha value is -0.860. The first-order chi connectivity index (χ1) is 6.60. The summed E-state index contributed by atoms with van der Waals surface area (Å²) in [6, 6.07) is 7.99. The second kappa shape index (κ2) is 4.58. The Morgan fingerprint density at radius 3 is 2.29 bits per heavy atom. The first kappa shape index (κ1) is 11.2. The number of ether oxygens (including phenoxy) is 1. The lowest BCUT2D eigenvalue weighted by Gasteiger charge is -2.22. The molecule has 1 N–H and O–H groups in total. The third kappa shape index (κ3) is 2.56. The summed E-state index contributed by atoms with van der Waals surface area (Å²) in [5.74, 6) is 0. The zero-order chi connectivity index (χ0) is 10.6. The van der Waals surface area contributed by atoms with Crippen LogP contribution in [0.5, 0.6) is 0 Å². The molecule has 14 heavy (non-hydrogen) atoms. The van der Waals surface area contributed by atoms with Crippen LogP contribution in [0.25, 0.3) is 0 Å². The van der Waals surface area contributed by atoms with Crippen molar-refractivity contribution in [3.63, 3.8) is 0 Å². The minimum Gasteiger partial charge on any atom is -0.383 e. The second-order valence-electron chi connectivity index (χ2n) is 3.76. The molecule has 0 aliphatic carbocycles. The summed E-state index contributed by atoms with van der Waals surface area (Å²) in [5, 5.41) is 10.0. The molecule has 0 radical (unpaired) electrons. The Balaban J connectivity index is 2.85. The molecule has 0 bridgehead atoms. The van der Waals surface area contributed by atoms with Gasteiger partial charge < -0.3 is 9.84 Å². The van der Waals surface area contributed by atoms with Crippen LogP contribution < -0.4 is 0 Å². The number of aryl methyl sites for hydroxylation is 1. The quantitative estimate of drug-likeness (QED) is 0.795. The largest absolute Gasteiger partial charge is 0.383 e. The van der Waals surface area contributed by atoms with E-state index in [9.17, 15) is 5.11 Å². The molecule has 0 aliphatic rings.